The van der Waals surface area contributed by atoms with Gasteiger partial charge in [0.1, 0.15) is 0 Å². The van der Waals surface area contributed by atoms with Crippen molar-refractivity contribution in [3.05, 3.63) is 45.6 Å². The van der Waals surface area contributed by atoms with Crippen molar-refractivity contribution < 1.29 is 17.9 Å². The van der Waals surface area contributed by atoms with Crippen molar-refractivity contribution >= 4 is 48.1 Å². The summed E-state index contributed by atoms with van der Waals surface area (Å²) in [6, 6.07) is 7.86. The second-order valence-corrected chi connectivity index (χ2v) is 11.0. The van der Waals surface area contributed by atoms with Crippen LogP contribution in [0.4, 0.5) is 5.13 Å². The zero-order chi connectivity index (χ0) is 20.4. The monoisotopic (exact) mass is 496 g/mol. The van der Waals surface area contributed by atoms with Gasteiger partial charge in [-0.15, -0.1) is 11.3 Å². The normalized spacial score (nSPS) is 22.8. The largest absolute Gasteiger partial charge is 0.376 e. The number of hydrogen-bond acceptors (Lipinski definition) is 6. The van der Waals surface area contributed by atoms with E-state index in [1.54, 1.807) is 11.0 Å². The Morgan fingerprint density at radius 2 is 2.10 bits per heavy atom. The number of aromatic nitrogens is 1. The molecule has 2 aliphatic rings. The number of carbonyl (C=O) groups is 1. The highest BCUT2D eigenvalue weighted by atomic mass is 79.9. The molecule has 2 aliphatic heterocycles. The number of halogens is 1. The lowest BCUT2D eigenvalue weighted by molar-refractivity contribution is -0.119. The summed E-state index contributed by atoms with van der Waals surface area (Å²) in [4.78, 5) is 19.5. The summed E-state index contributed by atoms with van der Waals surface area (Å²) in [5.41, 5.74) is 1.79. The fraction of sp³-hybridized carbons (Fsp3) is 0.400. The summed E-state index contributed by atoms with van der Waals surface area (Å²) in [7, 11) is -3.18. The molecule has 29 heavy (non-hydrogen) atoms. The number of rotatable bonds is 6. The molecule has 0 bridgehead atoms. The molecule has 154 valence electrons. The van der Waals surface area contributed by atoms with Gasteiger partial charge in [-0.05, 0) is 25.0 Å². The van der Waals surface area contributed by atoms with Crippen molar-refractivity contribution in [2.75, 3.05) is 23.8 Å². The van der Waals surface area contributed by atoms with E-state index in [1.807, 2.05) is 29.6 Å². The van der Waals surface area contributed by atoms with Crippen molar-refractivity contribution in [3.63, 3.8) is 0 Å². The SMILES string of the molecule is O=C(CC1C=CS(=O)(=O)C1)N(CC1CCCO1)c1nc(-c2ccc(Br)cc2)cs1. The van der Waals surface area contributed by atoms with E-state index >= 15 is 0 Å². The molecule has 0 spiro atoms. The molecule has 1 amide bonds. The standard InChI is InChI=1S/C20H21BrN2O4S2/c21-16-5-3-15(4-6-16)18-12-28-20(22-18)23(11-17-2-1-8-27-17)19(24)10-14-7-9-29(25,26)13-14/h3-7,9,12,14,17H,1-2,8,10-11,13H2. The van der Waals surface area contributed by atoms with Crippen LogP contribution in [0.3, 0.4) is 0 Å². The van der Waals surface area contributed by atoms with E-state index in [9.17, 15) is 13.2 Å². The molecule has 1 fully saturated rings. The number of allylic oxidation sites excluding steroid dienone is 1. The molecular weight excluding hydrogens is 476 g/mol. The van der Waals surface area contributed by atoms with Crippen LogP contribution in [0.15, 0.2) is 45.6 Å². The molecule has 4 rings (SSSR count). The average Bonchev–Trinajstić information content (AvgIpc) is 3.42. The Hall–Kier alpha value is -1.55. The number of sulfone groups is 1. The van der Waals surface area contributed by atoms with Crippen LogP contribution in [0.25, 0.3) is 11.3 Å². The summed E-state index contributed by atoms with van der Waals surface area (Å²) < 4.78 is 30.1. The number of carbonyl (C=O) groups excluding carboxylic acids is 1. The molecule has 2 aromatic rings. The number of thiazole rings is 1. The highest BCUT2D eigenvalue weighted by molar-refractivity contribution is 9.10. The van der Waals surface area contributed by atoms with Gasteiger partial charge < -0.3 is 4.74 Å². The quantitative estimate of drug-likeness (QED) is 0.603. The molecule has 0 saturated carbocycles. The molecular formula is C20H21BrN2O4S2. The summed E-state index contributed by atoms with van der Waals surface area (Å²) in [6.07, 6.45) is 3.65. The van der Waals surface area contributed by atoms with Crippen LogP contribution >= 0.6 is 27.3 Å². The zero-order valence-corrected chi connectivity index (χ0v) is 18.9. The molecule has 1 aromatic carbocycles. The Morgan fingerprint density at radius 1 is 1.31 bits per heavy atom. The van der Waals surface area contributed by atoms with Gasteiger partial charge in [-0.3, -0.25) is 9.69 Å². The fourth-order valence-electron chi connectivity index (χ4n) is 3.52. The van der Waals surface area contributed by atoms with Crippen LogP contribution in [0, 0.1) is 5.92 Å². The van der Waals surface area contributed by atoms with Gasteiger partial charge in [0.15, 0.2) is 15.0 Å². The number of amides is 1. The lowest BCUT2D eigenvalue weighted by Gasteiger charge is -2.24. The highest BCUT2D eigenvalue weighted by Gasteiger charge is 2.30. The van der Waals surface area contributed by atoms with E-state index in [2.05, 4.69) is 15.9 Å². The van der Waals surface area contributed by atoms with E-state index in [1.165, 1.54) is 16.7 Å². The average molecular weight is 497 g/mol. The van der Waals surface area contributed by atoms with Crippen LogP contribution in [-0.2, 0) is 19.4 Å². The van der Waals surface area contributed by atoms with Crippen molar-refractivity contribution in [1.82, 2.24) is 4.98 Å². The number of hydrogen-bond donors (Lipinski definition) is 0. The molecule has 0 N–H and O–H groups in total. The molecule has 3 heterocycles. The summed E-state index contributed by atoms with van der Waals surface area (Å²) in [5, 5.41) is 3.77. The smallest absolute Gasteiger partial charge is 0.229 e. The maximum absolute atomic E-state index is 13.1. The van der Waals surface area contributed by atoms with Gasteiger partial charge in [0.2, 0.25) is 5.91 Å². The fourth-order valence-corrected chi connectivity index (χ4v) is 6.05. The Bertz CT molecular complexity index is 1010. The third kappa shape index (κ3) is 5.14. The van der Waals surface area contributed by atoms with Crippen molar-refractivity contribution in [1.29, 1.82) is 0 Å². The lowest BCUT2D eigenvalue weighted by Crippen LogP contribution is -2.38. The van der Waals surface area contributed by atoms with Crippen molar-refractivity contribution in [2.45, 2.75) is 25.4 Å². The number of nitrogens with zero attached hydrogens (tertiary/aromatic N) is 2. The minimum atomic E-state index is -3.18. The first kappa shape index (κ1) is 20.7. The molecule has 2 atom stereocenters. The predicted octanol–water partition coefficient (Wildman–Crippen LogP) is 4.03. The first-order valence-electron chi connectivity index (χ1n) is 9.44. The zero-order valence-electron chi connectivity index (χ0n) is 15.7. The minimum Gasteiger partial charge on any atom is -0.376 e. The second kappa shape index (κ2) is 8.67. The van der Waals surface area contributed by atoms with E-state index < -0.39 is 9.84 Å². The molecule has 1 saturated heterocycles. The van der Waals surface area contributed by atoms with E-state index in [4.69, 9.17) is 9.72 Å². The second-order valence-electron chi connectivity index (χ2n) is 7.28. The predicted molar refractivity (Wildman–Crippen MR) is 118 cm³/mol. The Labute approximate surface area is 182 Å². The summed E-state index contributed by atoms with van der Waals surface area (Å²) in [5.74, 6) is -0.413. The topological polar surface area (TPSA) is 76.6 Å². The first-order valence-corrected chi connectivity index (χ1v) is 12.8. The molecule has 9 heteroatoms. The third-order valence-corrected chi connectivity index (χ3v) is 7.87. The summed E-state index contributed by atoms with van der Waals surface area (Å²) in [6.45, 7) is 1.15. The van der Waals surface area contributed by atoms with Crippen LogP contribution in [0.2, 0.25) is 0 Å². The minimum absolute atomic E-state index is 0.00544. The van der Waals surface area contributed by atoms with Crippen LogP contribution in [-0.4, -0.2) is 44.3 Å². The molecule has 1 aromatic heterocycles. The van der Waals surface area contributed by atoms with Crippen LogP contribution in [0.1, 0.15) is 19.3 Å². The van der Waals surface area contributed by atoms with Gasteiger partial charge in [-0.25, -0.2) is 13.4 Å². The van der Waals surface area contributed by atoms with Crippen molar-refractivity contribution in [2.24, 2.45) is 5.92 Å². The van der Waals surface area contributed by atoms with Crippen LogP contribution < -0.4 is 4.90 Å². The highest BCUT2D eigenvalue weighted by Crippen LogP contribution is 2.31. The van der Waals surface area contributed by atoms with Gasteiger partial charge in [0, 0.05) is 39.8 Å². The van der Waals surface area contributed by atoms with E-state index in [0.717, 1.165) is 28.6 Å². The number of benzene rings is 1. The molecule has 6 nitrogen and oxygen atoms in total. The Balaban J connectivity index is 1.54. The molecule has 0 aliphatic carbocycles. The third-order valence-electron chi connectivity index (χ3n) is 5.02. The van der Waals surface area contributed by atoms with Gasteiger partial charge >= 0.3 is 0 Å². The van der Waals surface area contributed by atoms with E-state index in [-0.39, 0.29) is 30.1 Å². The van der Waals surface area contributed by atoms with Gasteiger partial charge in [-0.1, -0.05) is 34.1 Å². The molecule has 0 radical (unpaired) electrons. The lowest BCUT2D eigenvalue weighted by atomic mass is 10.1. The number of ether oxygens (including phenoxy) is 1. The van der Waals surface area contributed by atoms with E-state index in [0.29, 0.717) is 18.3 Å². The maximum Gasteiger partial charge on any atom is 0.229 e. The summed E-state index contributed by atoms with van der Waals surface area (Å²) >= 11 is 4.85. The first-order chi connectivity index (χ1) is 13.9. The van der Waals surface area contributed by atoms with Crippen molar-refractivity contribution in [3.8, 4) is 11.3 Å². The maximum atomic E-state index is 13.1. The Kier molecular flexibility index (Phi) is 6.19. The Morgan fingerprint density at radius 3 is 2.76 bits per heavy atom. The van der Waals surface area contributed by atoms with Gasteiger partial charge in [0.25, 0.3) is 0 Å². The van der Waals surface area contributed by atoms with Crippen LogP contribution in [0.5, 0.6) is 0 Å². The van der Waals surface area contributed by atoms with Gasteiger partial charge in [0.05, 0.1) is 24.1 Å². The van der Waals surface area contributed by atoms with Gasteiger partial charge in [-0.2, -0.15) is 0 Å². The number of anilines is 1. The molecule has 2 unspecified atom stereocenters.